The van der Waals surface area contributed by atoms with Crippen molar-refractivity contribution >= 4 is 5.95 Å². The molecular weight excluding hydrogens is 252 g/mol. The van der Waals surface area contributed by atoms with Gasteiger partial charge in [0.15, 0.2) is 0 Å². The number of nitrogens with zero attached hydrogens (tertiary/aromatic N) is 4. The molecule has 5 heteroatoms. The third-order valence-electron chi connectivity index (χ3n) is 4.94. The molecule has 4 rings (SSSR count). The first kappa shape index (κ1) is 12.5. The highest BCUT2D eigenvalue weighted by Gasteiger charge is 2.41. The van der Waals surface area contributed by atoms with Crippen LogP contribution in [0.5, 0.6) is 0 Å². The first-order valence-corrected chi connectivity index (χ1v) is 7.70. The molecule has 0 saturated carbocycles. The van der Waals surface area contributed by atoms with Gasteiger partial charge in [-0.05, 0) is 30.2 Å². The number of hydrogen-bond donors (Lipinski definition) is 0. The summed E-state index contributed by atoms with van der Waals surface area (Å²) in [5.74, 6) is 3.25. The molecule has 108 valence electrons. The van der Waals surface area contributed by atoms with E-state index < -0.39 is 0 Å². The molecule has 0 radical (unpaired) electrons. The Bertz CT molecular complexity index is 434. The highest BCUT2D eigenvalue weighted by Crippen LogP contribution is 2.33. The van der Waals surface area contributed by atoms with E-state index in [2.05, 4.69) is 19.8 Å². The van der Waals surface area contributed by atoms with E-state index >= 15 is 0 Å². The van der Waals surface area contributed by atoms with E-state index in [-0.39, 0.29) is 0 Å². The second-order valence-electron chi connectivity index (χ2n) is 6.42. The van der Waals surface area contributed by atoms with Crippen molar-refractivity contribution in [2.24, 2.45) is 17.8 Å². The van der Waals surface area contributed by atoms with E-state index in [1.165, 1.54) is 26.1 Å². The number of fused-ring (bicyclic) bond motifs is 1. The Hall–Kier alpha value is -1.20. The summed E-state index contributed by atoms with van der Waals surface area (Å²) in [6.07, 6.45) is 4.92. The highest BCUT2D eigenvalue weighted by atomic mass is 16.5. The summed E-state index contributed by atoms with van der Waals surface area (Å²) in [6, 6.07) is 1.88. The zero-order valence-corrected chi connectivity index (χ0v) is 11.8. The molecule has 0 bridgehead atoms. The Morgan fingerprint density at radius 2 is 1.85 bits per heavy atom. The topological polar surface area (TPSA) is 41.5 Å². The van der Waals surface area contributed by atoms with Crippen LogP contribution in [0.1, 0.15) is 6.42 Å². The normalized spacial score (nSPS) is 33.8. The Labute approximate surface area is 120 Å². The van der Waals surface area contributed by atoms with Gasteiger partial charge in [0.25, 0.3) is 0 Å². The fraction of sp³-hybridized carbons (Fsp3) is 0.733. The quantitative estimate of drug-likeness (QED) is 0.818. The molecule has 1 aromatic rings. The Kier molecular flexibility index (Phi) is 3.32. The predicted octanol–water partition coefficient (Wildman–Crippen LogP) is 0.881. The summed E-state index contributed by atoms with van der Waals surface area (Å²) in [6.45, 7) is 7.88. The standard InChI is InChI=1S/C15H22N4O/c1-3-16-15(17-4-1)19-9-13-7-18(8-14(13)10-19)6-12-2-5-20-11-12/h1,3-4,12-14H,2,5-11H2/t12-,13-,14+/m0/s1. The van der Waals surface area contributed by atoms with E-state index in [4.69, 9.17) is 4.74 Å². The molecule has 0 amide bonds. The van der Waals surface area contributed by atoms with Crippen molar-refractivity contribution in [3.8, 4) is 0 Å². The average Bonchev–Trinajstić information content (AvgIpc) is 3.16. The van der Waals surface area contributed by atoms with Gasteiger partial charge in [-0.1, -0.05) is 0 Å². The van der Waals surface area contributed by atoms with Crippen LogP contribution in [0.3, 0.4) is 0 Å². The smallest absolute Gasteiger partial charge is 0.225 e. The van der Waals surface area contributed by atoms with Crippen molar-refractivity contribution in [3.05, 3.63) is 18.5 Å². The summed E-state index contributed by atoms with van der Waals surface area (Å²) in [5.41, 5.74) is 0. The van der Waals surface area contributed by atoms with E-state index in [1.807, 2.05) is 18.5 Å². The van der Waals surface area contributed by atoms with Crippen molar-refractivity contribution < 1.29 is 4.74 Å². The molecule has 4 heterocycles. The number of aromatic nitrogens is 2. The molecule has 0 N–H and O–H groups in total. The fourth-order valence-electron chi connectivity index (χ4n) is 3.95. The predicted molar refractivity (Wildman–Crippen MR) is 76.6 cm³/mol. The number of anilines is 1. The van der Waals surface area contributed by atoms with Crippen LogP contribution in [-0.4, -0.2) is 60.8 Å². The maximum absolute atomic E-state index is 5.48. The minimum Gasteiger partial charge on any atom is -0.381 e. The summed E-state index contributed by atoms with van der Waals surface area (Å²) in [5, 5.41) is 0. The SMILES string of the molecule is c1cnc(N2C[C@H]3CN(C[C@@H]4CCOC4)C[C@H]3C2)nc1. The zero-order valence-electron chi connectivity index (χ0n) is 11.8. The number of rotatable bonds is 3. The maximum Gasteiger partial charge on any atom is 0.225 e. The van der Waals surface area contributed by atoms with Gasteiger partial charge in [-0.25, -0.2) is 9.97 Å². The van der Waals surface area contributed by atoms with Gasteiger partial charge >= 0.3 is 0 Å². The van der Waals surface area contributed by atoms with Gasteiger partial charge in [0.1, 0.15) is 0 Å². The molecule has 20 heavy (non-hydrogen) atoms. The molecule has 0 aromatic carbocycles. The van der Waals surface area contributed by atoms with Crippen molar-refractivity contribution in [2.45, 2.75) is 6.42 Å². The van der Waals surface area contributed by atoms with Gasteiger partial charge in [0, 0.05) is 51.7 Å². The van der Waals surface area contributed by atoms with E-state index in [1.54, 1.807) is 0 Å². The van der Waals surface area contributed by atoms with Gasteiger partial charge in [0.05, 0.1) is 6.61 Å². The number of ether oxygens (including phenoxy) is 1. The van der Waals surface area contributed by atoms with E-state index in [0.29, 0.717) is 0 Å². The second kappa shape index (κ2) is 5.30. The van der Waals surface area contributed by atoms with Crippen LogP contribution in [0.4, 0.5) is 5.95 Å². The molecule has 0 aliphatic carbocycles. The summed E-state index contributed by atoms with van der Waals surface area (Å²) in [7, 11) is 0. The fourth-order valence-corrected chi connectivity index (χ4v) is 3.95. The van der Waals surface area contributed by atoms with Gasteiger partial charge in [-0.2, -0.15) is 0 Å². The molecule has 3 saturated heterocycles. The molecule has 3 aliphatic rings. The molecule has 5 nitrogen and oxygen atoms in total. The second-order valence-corrected chi connectivity index (χ2v) is 6.42. The van der Waals surface area contributed by atoms with Crippen LogP contribution in [0.15, 0.2) is 18.5 Å². The lowest BCUT2D eigenvalue weighted by atomic mass is 10.0. The van der Waals surface area contributed by atoms with Crippen LogP contribution in [0.2, 0.25) is 0 Å². The average molecular weight is 274 g/mol. The van der Waals surface area contributed by atoms with Crippen LogP contribution >= 0.6 is 0 Å². The zero-order chi connectivity index (χ0) is 13.4. The van der Waals surface area contributed by atoms with Crippen LogP contribution < -0.4 is 4.90 Å². The van der Waals surface area contributed by atoms with Crippen molar-refractivity contribution in [1.82, 2.24) is 14.9 Å². The minimum absolute atomic E-state index is 0.766. The number of likely N-dealkylation sites (tertiary alicyclic amines) is 1. The lowest BCUT2D eigenvalue weighted by Gasteiger charge is -2.23. The van der Waals surface area contributed by atoms with Crippen molar-refractivity contribution in [3.63, 3.8) is 0 Å². The highest BCUT2D eigenvalue weighted by molar-refractivity contribution is 5.31. The van der Waals surface area contributed by atoms with Crippen LogP contribution in [-0.2, 0) is 4.74 Å². The Morgan fingerprint density at radius 3 is 2.50 bits per heavy atom. The number of hydrogen-bond acceptors (Lipinski definition) is 5. The summed E-state index contributed by atoms with van der Waals surface area (Å²) < 4.78 is 5.48. The molecule has 1 aromatic heterocycles. The van der Waals surface area contributed by atoms with Gasteiger partial charge in [-0.15, -0.1) is 0 Å². The maximum atomic E-state index is 5.48. The summed E-state index contributed by atoms with van der Waals surface area (Å²) in [4.78, 5) is 13.8. The van der Waals surface area contributed by atoms with Gasteiger partial charge in [-0.3, -0.25) is 0 Å². The van der Waals surface area contributed by atoms with Crippen LogP contribution in [0, 0.1) is 17.8 Å². The Morgan fingerprint density at radius 1 is 1.10 bits per heavy atom. The van der Waals surface area contributed by atoms with E-state index in [0.717, 1.165) is 50.0 Å². The molecular formula is C15H22N4O. The molecule has 3 atom stereocenters. The van der Waals surface area contributed by atoms with Crippen LogP contribution in [0.25, 0.3) is 0 Å². The third-order valence-corrected chi connectivity index (χ3v) is 4.94. The van der Waals surface area contributed by atoms with E-state index in [9.17, 15) is 0 Å². The van der Waals surface area contributed by atoms with Crippen molar-refractivity contribution in [1.29, 1.82) is 0 Å². The molecule has 0 unspecified atom stereocenters. The lowest BCUT2D eigenvalue weighted by molar-refractivity contribution is 0.172. The largest absolute Gasteiger partial charge is 0.381 e. The van der Waals surface area contributed by atoms with Gasteiger partial charge < -0.3 is 14.5 Å². The lowest BCUT2D eigenvalue weighted by Crippen LogP contribution is -2.32. The van der Waals surface area contributed by atoms with Crippen molar-refractivity contribution in [2.75, 3.05) is 50.8 Å². The van der Waals surface area contributed by atoms with Gasteiger partial charge in [0.2, 0.25) is 5.95 Å². The Balaban J connectivity index is 1.33. The summed E-state index contributed by atoms with van der Waals surface area (Å²) >= 11 is 0. The monoisotopic (exact) mass is 274 g/mol. The first-order chi connectivity index (χ1) is 9.88. The molecule has 0 spiro atoms. The first-order valence-electron chi connectivity index (χ1n) is 7.70. The third kappa shape index (κ3) is 2.40. The molecule has 3 aliphatic heterocycles. The molecule has 3 fully saturated rings. The minimum atomic E-state index is 0.766.